The number of nitrogens with one attached hydrogen (secondary N) is 1. The number of hydrogen-bond donors (Lipinski definition) is 1. The van der Waals surface area contributed by atoms with Crippen LogP contribution >= 0.6 is 0 Å². The zero-order valence-electron chi connectivity index (χ0n) is 18.5. The van der Waals surface area contributed by atoms with Gasteiger partial charge < -0.3 is 4.74 Å². The molecule has 0 aliphatic carbocycles. The van der Waals surface area contributed by atoms with Crippen LogP contribution in [-0.2, 0) is 32.6 Å². The fourth-order valence-electron chi connectivity index (χ4n) is 3.56. The Morgan fingerprint density at radius 2 is 1.18 bits per heavy atom. The zero-order chi connectivity index (χ0) is 23.8. The molecule has 0 saturated carbocycles. The first-order chi connectivity index (χ1) is 16.5. The molecule has 0 radical (unpaired) electrons. The molecule has 5 nitrogen and oxygen atoms in total. The summed E-state index contributed by atoms with van der Waals surface area (Å²) in [6.45, 7) is 0.0679. The van der Waals surface area contributed by atoms with Gasteiger partial charge in [-0.25, -0.2) is 8.42 Å². The Bertz CT molecular complexity index is 1310. The SMILES string of the molecule is O=C(OCc1ccccc1)C(Cc1ccccc1)NS(=O)(=O)c1ccc(-c2ccccc2)cc1. The summed E-state index contributed by atoms with van der Waals surface area (Å²) in [7, 11) is -3.96. The molecular formula is C28H25NO4S. The normalized spacial score (nSPS) is 12.1. The standard InChI is InChI=1S/C28H25NO4S/c30-28(33-21-23-12-6-2-7-13-23)27(20-22-10-4-1-5-11-22)29-34(31,32)26-18-16-25(17-19-26)24-14-8-3-9-15-24/h1-19,27,29H,20-21H2. The smallest absolute Gasteiger partial charge is 0.324 e. The van der Waals surface area contributed by atoms with E-state index in [1.54, 1.807) is 24.3 Å². The molecule has 0 saturated heterocycles. The maximum Gasteiger partial charge on any atom is 0.324 e. The number of hydrogen-bond acceptors (Lipinski definition) is 4. The van der Waals surface area contributed by atoms with Gasteiger partial charge in [-0.1, -0.05) is 103 Å². The predicted octanol–water partition coefficient (Wildman–Crippen LogP) is 4.99. The lowest BCUT2D eigenvalue weighted by Gasteiger charge is -2.18. The molecule has 0 fully saturated rings. The lowest BCUT2D eigenvalue weighted by atomic mass is 10.1. The highest BCUT2D eigenvalue weighted by Crippen LogP contribution is 2.21. The number of esters is 1. The second kappa shape index (κ2) is 10.9. The lowest BCUT2D eigenvalue weighted by Crippen LogP contribution is -2.43. The van der Waals surface area contributed by atoms with Gasteiger partial charge in [-0.15, -0.1) is 0 Å². The van der Waals surface area contributed by atoms with Gasteiger partial charge in [-0.3, -0.25) is 4.79 Å². The van der Waals surface area contributed by atoms with E-state index in [9.17, 15) is 13.2 Å². The minimum absolute atomic E-state index is 0.0679. The van der Waals surface area contributed by atoms with E-state index < -0.39 is 22.0 Å². The molecular weight excluding hydrogens is 446 g/mol. The molecule has 0 bridgehead atoms. The lowest BCUT2D eigenvalue weighted by molar-refractivity contribution is -0.147. The van der Waals surface area contributed by atoms with Crippen molar-refractivity contribution in [1.29, 1.82) is 0 Å². The van der Waals surface area contributed by atoms with Crippen molar-refractivity contribution in [3.8, 4) is 11.1 Å². The van der Waals surface area contributed by atoms with Crippen molar-refractivity contribution in [3.05, 3.63) is 126 Å². The minimum Gasteiger partial charge on any atom is -0.460 e. The topological polar surface area (TPSA) is 72.5 Å². The average molecular weight is 472 g/mol. The van der Waals surface area contributed by atoms with Crippen LogP contribution in [0.25, 0.3) is 11.1 Å². The third-order valence-electron chi connectivity index (χ3n) is 5.36. The molecule has 6 heteroatoms. The van der Waals surface area contributed by atoms with Crippen molar-refractivity contribution in [1.82, 2.24) is 4.72 Å². The summed E-state index contributed by atoms with van der Waals surface area (Å²) in [6.07, 6.45) is 0.176. The number of carbonyl (C=O) groups excluding carboxylic acids is 1. The summed E-state index contributed by atoms with van der Waals surface area (Å²) in [4.78, 5) is 13.0. The van der Waals surface area contributed by atoms with Crippen molar-refractivity contribution < 1.29 is 17.9 Å². The Hall–Kier alpha value is -3.74. The highest BCUT2D eigenvalue weighted by molar-refractivity contribution is 7.89. The van der Waals surface area contributed by atoms with E-state index in [0.29, 0.717) is 0 Å². The average Bonchev–Trinajstić information content (AvgIpc) is 2.88. The van der Waals surface area contributed by atoms with E-state index in [1.165, 1.54) is 0 Å². The van der Waals surface area contributed by atoms with Crippen molar-refractivity contribution in [2.75, 3.05) is 0 Å². The largest absolute Gasteiger partial charge is 0.460 e. The van der Waals surface area contributed by atoms with Crippen molar-refractivity contribution >= 4 is 16.0 Å². The Morgan fingerprint density at radius 1 is 0.676 bits per heavy atom. The Morgan fingerprint density at radius 3 is 1.76 bits per heavy atom. The van der Waals surface area contributed by atoms with Crippen LogP contribution in [0.2, 0.25) is 0 Å². The summed E-state index contributed by atoms with van der Waals surface area (Å²) in [5, 5.41) is 0. The van der Waals surface area contributed by atoms with Gasteiger partial charge in [0.25, 0.3) is 0 Å². The van der Waals surface area contributed by atoms with Crippen LogP contribution in [0.1, 0.15) is 11.1 Å². The predicted molar refractivity (Wildman–Crippen MR) is 132 cm³/mol. The van der Waals surface area contributed by atoms with Crippen LogP contribution in [-0.4, -0.2) is 20.4 Å². The van der Waals surface area contributed by atoms with Gasteiger partial charge in [0.05, 0.1) is 4.90 Å². The van der Waals surface area contributed by atoms with Gasteiger partial charge in [-0.2, -0.15) is 4.72 Å². The van der Waals surface area contributed by atoms with Gasteiger partial charge in [0.2, 0.25) is 10.0 Å². The minimum atomic E-state index is -3.96. The molecule has 1 N–H and O–H groups in total. The fraction of sp³-hybridized carbons (Fsp3) is 0.107. The zero-order valence-corrected chi connectivity index (χ0v) is 19.3. The van der Waals surface area contributed by atoms with Crippen molar-refractivity contribution in [2.45, 2.75) is 24.0 Å². The van der Waals surface area contributed by atoms with E-state index >= 15 is 0 Å². The third-order valence-corrected chi connectivity index (χ3v) is 6.85. The van der Waals surface area contributed by atoms with Crippen LogP contribution in [0, 0.1) is 0 Å². The van der Waals surface area contributed by atoms with E-state index in [0.717, 1.165) is 22.3 Å². The molecule has 4 rings (SSSR count). The fourth-order valence-corrected chi connectivity index (χ4v) is 4.75. The molecule has 0 spiro atoms. The molecule has 0 aliphatic heterocycles. The molecule has 0 aliphatic rings. The first kappa shape index (κ1) is 23.4. The molecule has 0 aromatic heterocycles. The van der Waals surface area contributed by atoms with Crippen LogP contribution in [0.5, 0.6) is 0 Å². The Labute approximate surface area is 200 Å². The second-order valence-corrected chi connectivity index (χ2v) is 9.56. The first-order valence-corrected chi connectivity index (χ1v) is 12.4. The quantitative estimate of drug-likeness (QED) is 0.349. The van der Waals surface area contributed by atoms with Crippen LogP contribution in [0.15, 0.2) is 120 Å². The maximum atomic E-state index is 13.1. The summed E-state index contributed by atoms with van der Waals surface area (Å²) >= 11 is 0. The molecule has 1 unspecified atom stereocenters. The van der Waals surface area contributed by atoms with Gasteiger partial charge in [0.1, 0.15) is 12.6 Å². The van der Waals surface area contributed by atoms with Crippen molar-refractivity contribution in [3.63, 3.8) is 0 Å². The van der Waals surface area contributed by atoms with Gasteiger partial charge in [-0.05, 0) is 40.8 Å². The monoisotopic (exact) mass is 471 g/mol. The van der Waals surface area contributed by atoms with Crippen LogP contribution < -0.4 is 4.72 Å². The molecule has 4 aromatic rings. The summed E-state index contributed by atoms with van der Waals surface area (Å²) in [5.41, 5.74) is 3.55. The van der Waals surface area contributed by atoms with Gasteiger partial charge in [0, 0.05) is 0 Å². The van der Waals surface area contributed by atoms with E-state index in [-0.39, 0.29) is 17.9 Å². The number of sulfonamides is 1. The molecule has 0 amide bonds. The van der Waals surface area contributed by atoms with Gasteiger partial charge >= 0.3 is 5.97 Å². The molecule has 1 atom stereocenters. The molecule has 34 heavy (non-hydrogen) atoms. The third kappa shape index (κ3) is 6.19. The molecule has 0 heterocycles. The van der Waals surface area contributed by atoms with Gasteiger partial charge in [0.15, 0.2) is 0 Å². The summed E-state index contributed by atoms with van der Waals surface area (Å²) < 4.78 is 34.3. The summed E-state index contributed by atoms with van der Waals surface area (Å²) in [5.74, 6) is -0.628. The van der Waals surface area contributed by atoms with Crippen LogP contribution in [0.4, 0.5) is 0 Å². The van der Waals surface area contributed by atoms with Crippen molar-refractivity contribution in [2.24, 2.45) is 0 Å². The highest BCUT2D eigenvalue weighted by atomic mass is 32.2. The summed E-state index contributed by atoms with van der Waals surface area (Å²) in [6, 6.07) is 33.7. The second-order valence-electron chi connectivity index (χ2n) is 7.85. The number of ether oxygens (including phenoxy) is 1. The molecule has 4 aromatic carbocycles. The number of benzene rings is 4. The number of carbonyl (C=O) groups is 1. The Kier molecular flexibility index (Phi) is 7.52. The van der Waals surface area contributed by atoms with E-state index in [4.69, 9.17) is 4.74 Å². The Balaban J connectivity index is 1.52. The number of rotatable bonds is 9. The van der Waals surface area contributed by atoms with E-state index in [1.807, 2.05) is 91.0 Å². The first-order valence-electron chi connectivity index (χ1n) is 10.9. The van der Waals surface area contributed by atoms with E-state index in [2.05, 4.69) is 4.72 Å². The molecule has 172 valence electrons. The van der Waals surface area contributed by atoms with Crippen LogP contribution in [0.3, 0.4) is 0 Å². The highest BCUT2D eigenvalue weighted by Gasteiger charge is 2.27. The maximum absolute atomic E-state index is 13.1.